The molecule has 0 radical (unpaired) electrons. The van der Waals surface area contributed by atoms with Crippen molar-refractivity contribution in [3.05, 3.63) is 24.3 Å². The molecule has 130 valence electrons. The largest absolute Gasteiger partial charge is 0.497 e. The van der Waals surface area contributed by atoms with E-state index in [9.17, 15) is 14.4 Å². The number of anilines is 1. The molecule has 7 heteroatoms. The van der Waals surface area contributed by atoms with Crippen LogP contribution in [0, 0.1) is 0 Å². The highest BCUT2D eigenvalue weighted by atomic mass is 16.5. The first-order chi connectivity index (χ1) is 11.5. The number of benzene rings is 1. The second-order valence-electron chi connectivity index (χ2n) is 5.48. The summed E-state index contributed by atoms with van der Waals surface area (Å²) in [4.78, 5) is 36.9. The smallest absolute Gasteiger partial charge is 0.306 e. The van der Waals surface area contributed by atoms with Gasteiger partial charge in [0, 0.05) is 31.1 Å². The molecule has 1 unspecified atom stereocenters. The summed E-state index contributed by atoms with van der Waals surface area (Å²) in [5, 5.41) is 2.79. The molecule has 0 bridgehead atoms. The molecule has 1 heterocycles. The van der Waals surface area contributed by atoms with Crippen LogP contribution in [0.5, 0.6) is 5.75 Å². The average molecular weight is 334 g/mol. The zero-order valence-electron chi connectivity index (χ0n) is 13.9. The lowest BCUT2D eigenvalue weighted by atomic mass is 10.2. The molecule has 0 spiro atoms. The summed E-state index contributed by atoms with van der Waals surface area (Å²) in [6, 6.07) is 6.96. The van der Waals surface area contributed by atoms with Gasteiger partial charge in [-0.3, -0.25) is 14.4 Å². The lowest BCUT2D eigenvalue weighted by Crippen LogP contribution is -2.37. The molecule has 1 saturated heterocycles. The Morgan fingerprint density at radius 2 is 2.12 bits per heavy atom. The molecular weight excluding hydrogens is 312 g/mol. The highest BCUT2D eigenvalue weighted by molar-refractivity contribution is 5.97. The van der Waals surface area contributed by atoms with Crippen LogP contribution >= 0.6 is 0 Å². The van der Waals surface area contributed by atoms with Crippen LogP contribution in [0.1, 0.15) is 26.2 Å². The molecule has 1 aliphatic heterocycles. The zero-order valence-corrected chi connectivity index (χ0v) is 13.9. The predicted octanol–water partition coefficient (Wildman–Crippen LogP) is 1.26. The summed E-state index contributed by atoms with van der Waals surface area (Å²) in [5.41, 5.74) is 0.739. The maximum absolute atomic E-state index is 12.2. The minimum absolute atomic E-state index is 0.0416. The fraction of sp³-hybridized carbons (Fsp3) is 0.471. The van der Waals surface area contributed by atoms with E-state index in [-0.39, 0.29) is 37.1 Å². The highest BCUT2D eigenvalue weighted by Gasteiger charge is 2.31. The number of nitrogens with one attached hydrogen (secondary N) is 1. The molecule has 2 amide bonds. The van der Waals surface area contributed by atoms with E-state index >= 15 is 0 Å². The molecule has 1 aromatic carbocycles. The Bertz CT molecular complexity index is 617. The van der Waals surface area contributed by atoms with Gasteiger partial charge in [-0.15, -0.1) is 0 Å². The summed E-state index contributed by atoms with van der Waals surface area (Å²) < 4.78 is 9.95. The molecule has 0 aromatic heterocycles. The van der Waals surface area contributed by atoms with Crippen molar-refractivity contribution in [1.82, 2.24) is 5.32 Å². The van der Waals surface area contributed by atoms with E-state index in [1.54, 1.807) is 31.1 Å². The molecule has 0 saturated carbocycles. The van der Waals surface area contributed by atoms with E-state index in [1.165, 1.54) is 0 Å². The molecular formula is C17H22N2O5. The van der Waals surface area contributed by atoms with Crippen LogP contribution in [0.3, 0.4) is 0 Å². The molecule has 1 aliphatic rings. The minimum atomic E-state index is -0.395. The minimum Gasteiger partial charge on any atom is -0.497 e. The lowest BCUT2D eigenvalue weighted by molar-refractivity contribution is -0.144. The first kappa shape index (κ1) is 17.8. The first-order valence-corrected chi connectivity index (χ1v) is 7.93. The Balaban J connectivity index is 1.87. The van der Waals surface area contributed by atoms with Crippen LogP contribution in [0.2, 0.25) is 0 Å². The average Bonchev–Trinajstić information content (AvgIpc) is 2.93. The summed E-state index contributed by atoms with van der Waals surface area (Å²) in [6.45, 7) is 2.42. The number of carbonyl (C=O) groups excluding carboxylic acids is 3. The number of rotatable bonds is 7. The van der Waals surface area contributed by atoms with Crippen LogP contribution in [-0.2, 0) is 19.1 Å². The Morgan fingerprint density at radius 3 is 2.83 bits per heavy atom. The number of hydrogen-bond donors (Lipinski definition) is 1. The number of methoxy groups -OCH3 is 1. The maximum Gasteiger partial charge on any atom is 0.306 e. The van der Waals surface area contributed by atoms with Crippen molar-refractivity contribution in [1.29, 1.82) is 0 Å². The molecule has 2 rings (SSSR count). The summed E-state index contributed by atoms with van der Waals surface area (Å²) in [5.74, 6) is -0.0392. The van der Waals surface area contributed by atoms with E-state index < -0.39 is 5.97 Å². The molecule has 1 aromatic rings. The van der Waals surface area contributed by atoms with E-state index in [0.717, 1.165) is 5.69 Å². The number of ether oxygens (including phenoxy) is 2. The van der Waals surface area contributed by atoms with E-state index in [2.05, 4.69) is 5.32 Å². The van der Waals surface area contributed by atoms with Crippen molar-refractivity contribution < 1.29 is 23.9 Å². The number of hydrogen-bond acceptors (Lipinski definition) is 5. The Morgan fingerprint density at radius 1 is 1.33 bits per heavy atom. The Hall–Kier alpha value is -2.57. The number of carbonyl (C=O) groups is 3. The van der Waals surface area contributed by atoms with Crippen LogP contribution < -0.4 is 15.0 Å². The Labute approximate surface area is 140 Å². The lowest BCUT2D eigenvalue weighted by Gasteiger charge is -2.18. The van der Waals surface area contributed by atoms with Gasteiger partial charge in [0.05, 0.1) is 26.2 Å². The SMILES string of the molecule is CCOC(=O)CCC(=O)NC1CC(=O)N(c2cccc(OC)c2)C1. The third-order valence-corrected chi connectivity index (χ3v) is 3.72. The van der Waals surface area contributed by atoms with Gasteiger partial charge in [0.1, 0.15) is 5.75 Å². The standard InChI is InChI=1S/C17H22N2O5/c1-3-24-17(22)8-7-15(20)18-12-9-16(21)19(11-12)13-5-4-6-14(10-13)23-2/h4-6,10,12H,3,7-9,11H2,1-2H3,(H,18,20). The van der Waals surface area contributed by atoms with Crippen molar-refractivity contribution in [3.8, 4) is 5.75 Å². The molecule has 1 atom stereocenters. The van der Waals surface area contributed by atoms with Gasteiger partial charge in [-0.05, 0) is 19.1 Å². The van der Waals surface area contributed by atoms with Crippen LogP contribution in [0.25, 0.3) is 0 Å². The van der Waals surface area contributed by atoms with Gasteiger partial charge in [-0.1, -0.05) is 6.07 Å². The Kier molecular flexibility index (Phi) is 6.17. The first-order valence-electron chi connectivity index (χ1n) is 7.93. The van der Waals surface area contributed by atoms with E-state index in [1.807, 2.05) is 12.1 Å². The molecule has 24 heavy (non-hydrogen) atoms. The number of esters is 1. The van der Waals surface area contributed by atoms with Gasteiger partial charge in [0.25, 0.3) is 0 Å². The van der Waals surface area contributed by atoms with Crippen LogP contribution in [0.15, 0.2) is 24.3 Å². The van der Waals surface area contributed by atoms with Crippen LogP contribution in [-0.4, -0.2) is 44.1 Å². The third-order valence-electron chi connectivity index (χ3n) is 3.72. The second-order valence-corrected chi connectivity index (χ2v) is 5.48. The van der Waals surface area contributed by atoms with Crippen molar-refractivity contribution >= 4 is 23.5 Å². The number of amides is 2. The fourth-order valence-electron chi connectivity index (χ4n) is 2.58. The maximum atomic E-state index is 12.2. The monoisotopic (exact) mass is 334 g/mol. The molecule has 7 nitrogen and oxygen atoms in total. The van der Waals surface area contributed by atoms with E-state index in [4.69, 9.17) is 9.47 Å². The third kappa shape index (κ3) is 4.71. The van der Waals surface area contributed by atoms with Gasteiger partial charge in [-0.2, -0.15) is 0 Å². The summed E-state index contributed by atoms with van der Waals surface area (Å²) in [7, 11) is 1.57. The van der Waals surface area contributed by atoms with Gasteiger partial charge in [0.2, 0.25) is 11.8 Å². The van der Waals surface area contributed by atoms with Gasteiger partial charge < -0.3 is 19.7 Å². The van der Waals surface area contributed by atoms with E-state index in [0.29, 0.717) is 18.9 Å². The summed E-state index contributed by atoms with van der Waals surface area (Å²) >= 11 is 0. The van der Waals surface area contributed by atoms with Crippen molar-refractivity contribution in [2.75, 3.05) is 25.2 Å². The van der Waals surface area contributed by atoms with Gasteiger partial charge in [0.15, 0.2) is 0 Å². The van der Waals surface area contributed by atoms with Crippen molar-refractivity contribution in [2.45, 2.75) is 32.2 Å². The van der Waals surface area contributed by atoms with Gasteiger partial charge in [-0.25, -0.2) is 0 Å². The van der Waals surface area contributed by atoms with Crippen molar-refractivity contribution in [3.63, 3.8) is 0 Å². The topological polar surface area (TPSA) is 84.9 Å². The molecule has 1 fully saturated rings. The normalized spacial score (nSPS) is 16.8. The number of nitrogens with zero attached hydrogens (tertiary/aromatic N) is 1. The summed E-state index contributed by atoms with van der Waals surface area (Å²) in [6.07, 6.45) is 0.338. The predicted molar refractivity (Wildman–Crippen MR) is 87.8 cm³/mol. The molecule has 1 N–H and O–H groups in total. The van der Waals surface area contributed by atoms with Gasteiger partial charge >= 0.3 is 5.97 Å². The van der Waals surface area contributed by atoms with Crippen LogP contribution in [0.4, 0.5) is 5.69 Å². The second kappa shape index (κ2) is 8.33. The van der Waals surface area contributed by atoms with Crippen molar-refractivity contribution in [2.24, 2.45) is 0 Å². The molecule has 0 aliphatic carbocycles. The quantitative estimate of drug-likeness (QED) is 0.759. The highest BCUT2D eigenvalue weighted by Crippen LogP contribution is 2.25. The zero-order chi connectivity index (χ0) is 17.5. The fourth-order valence-corrected chi connectivity index (χ4v) is 2.58.